The fourth-order valence-electron chi connectivity index (χ4n) is 2.53. The molecule has 1 saturated heterocycles. The van der Waals surface area contributed by atoms with E-state index in [9.17, 15) is 18.9 Å². The minimum Gasteiger partial charge on any atom is -0.467 e. The Morgan fingerprint density at radius 2 is 2.25 bits per heavy atom. The standard InChI is InChI=1S/C13H16ClFN5O7P/c1-24-6(21)3-26-28(23)25-2-5-9(22)7(15)12(27-5)20-4-17-8-10(16)18-13(14)19-11(8)20/h4-5,7,9,12,22,28H,2-3H2,1H3,(H2,16,18,19)/t5?,7-,9+,12?/m1/s1. The summed E-state index contributed by atoms with van der Waals surface area (Å²) in [6.07, 6.45) is -4.71. The zero-order valence-corrected chi connectivity index (χ0v) is 16.1. The Bertz CT molecular complexity index is 902. The van der Waals surface area contributed by atoms with E-state index >= 15 is 0 Å². The van der Waals surface area contributed by atoms with Crippen molar-refractivity contribution >= 4 is 42.8 Å². The lowest BCUT2D eigenvalue weighted by atomic mass is 10.1. The maximum atomic E-state index is 14.6. The van der Waals surface area contributed by atoms with Gasteiger partial charge in [0.15, 0.2) is 30.5 Å². The van der Waals surface area contributed by atoms with Gasteiger partial charge < -0.3 is 24.8 Å². The molecule has 3 heterocycles. The molecule has 2 aromatic rings. The summed E-state index contributed by atoms with van der Waals surface area (Å²) in [5.74, 6) is -0.737. The molecule has 154 valence electrons. The first kappa shape index (κ1) is 20.8. The SMILES string of the molecule is COC(=O)CO[PH](=O)OCC1OC(n2cnc3c(N)nc(Cl)nc32)[C@H](F)[C@H]1O. The summed E-state index contributed by atoms with van der Waals surface area (Å²) < 4.78 is 46.8. The lowest BCUT2D eigenvalue weighted by molar-refractivity contribution is -0.143. The Morgan fingerprint density at radius 3 is 2.96 bits per heavy atom. The van der Waals surface area contributed by atoms with Crippen LogP contribution < -0.4 is 5.73 Å². The van der Waals surface area contributed by atoms with Crippen molar-refractivity contribution in [3.8, 4) is 0 Å². The third-order valence-corrected chi connectivity index (χ3v) is 4.84. The number of rotatable bonds is 7. The summed E-state index contributed by atoms with van der Waals surface area (Å²) in [7, 11) is -1.94. The molecule has 1 aliphatic heterocycles. The first-order valence-electron chi connectivity index (χ1n) is 7.81. The maximum absolute atomic E-state index is 14.6. The minimum absolute atomic E-state index is 0.00365. The number of methoxy groups -OCH3 is 1. The summed E-state index contributed by atoms with van der Waals surface area (Å²) in [4.78, 5) is 22.6. The van der Waals surface area contributed by atoms with E-state index in [1.165, 1.54) is 10.9 Å². The Hall–Kier alpha value is -1.89. The van der Waals surface area contributed by atoms with Gasteiger partial charge in [0.1, 0.15) is 17.7 Å². The summed E-state index contributed by atoms with van der Waals surface area (Å²) in [6, 6.07) is 0. The van der Waals surface area contributed by atoms with Gasteiger partial charge in [0.2, 0.25) is 5.28 Å². The van der Waals surface area contributed by atoms with E-state index < -0.39 is 52.0 Å². The van der Waals surface area contributed by atoms with Gasteiger partial charge in [0.25, 0.3) is 0 Å². The highest BCUT2D eigenvalue weighted by molar-refractivity contribution is 7.33. The molecular weight excluding hydrogens is 424 g/mol. The number of hydrogen-bond donors (Lipinski definition) is 2. The van der Waals surface area contributed by atoms with Crippen LogP contribution in [0.3, 0.4) is 0 Å². The van der Waals surface area contributed by atoms with Crippen LogP contribution in [-0.2, 0) is 27.9 Å². The van der Waals surface area contributed by atoms with Crippen molar-refractivity contribution in [1.82, 2.24) is 19.5 Å². The number of hydrogen-bond acceptors (Lipinski definition) is 11. The predicted molar refractivity (Wildman–Crippen MR) is 92.5 cm³/mol. The van der Waals surface area contributed by atoms with E-state index in [0.717, 1.165) is 7.11 Å². The topological polar surface area (TPSA) is 161 Å². The summed E-state index contributed by atoms with van der Waals surface area (Å²) in [5, 5.41) is 9.91. The van der Waals surface area contributed by atoms with E-state index in [2.05, 4.69) is 24.2 Å². The Morgan fingerprint density at radius 1 is 1.50 bits per heavy atom. The molecule has 0 saturated carbocycles. The first-order chi connectivity index (χ1) is 13.3. The van der Waals surface area contributed by atoms with Crippen molar-refractivity contribution in [3.05, 3.63) is 11.6 Å². The van der Waals surface area contributed by atoms with Crippen LogP contribution in [-0.4, -0.2) is 69.3 Å². The second kappa shape index (κ2) is 8.64. The molecule has 28 heavy (non-hydrogen) atoms. The number of esters is 1. The number of nitrogens with two attached hydrogens (primary N) is 1. The number of ether oxygens (including phenoxy) is 2. The second-order valence-corrected chi connectivity index (χ2v) is 7.04. The van der Waals surface area contributed by atoms with E-state index in [1.807, 2.05) is 0 Å². The quantitative estimate of drug-likeness (QED) is 0.345. The van der Waals surface area contributed by atoms with Crippen molar-refractivity contribution in [3.63, 3.8) is 0 Å². The van der Waals surface area contributed by atoms with Crippen molar-refractivity contribution < 1.29 is 37.4 Å². The Balaban J connectivity index is 1.68. The third-order valence-electron chi connectivity index (χ3n) is 3.89. The van der Waals surface area contributed by atoms with Crippen LogP contribution >= 0.6 is 19.9 Å². The molecule has 0 bridgehead atoms. The van der Waals surface area contributed by atoms with Gasteiger partial charge in [0, 0.05) is 0 Å². The van der Waals surface area contributed by atoms with Crippen molar-refractivity contribution in [1.29, 1.82) is 0 Å². The van der Waals surface area contributed by atoms with Gasteiger partial charge in [-0.05, 0) is 11.6 Å². The summed E-state index contributed by atoms with van der Waals surface area (Å²) in [5.41, 5.74) is 6.02. The molecular formula is C13H16ClFN5O7P. The van der Waals surface area contributed by atoms with Crippen LogP contribution in [0.5, 0.6) is 0 Å². The van der Waals surface area contributed by atoms with Crippen LogP contribution in [0.1, 0.15) is 6.23 Å². The van der Waals surface area contributed by atoms with E-state index in [4.69, 9.17) is 26.6 Å². The van der Waals surface area contributed by atoms with E-state index in [1.54, 1.807) is 0 Å². The van der Waals surface area contributed by atoms with Gasteiger partial charge in [-0.1, -0.05) is 0 Å². The molecule has 0 spiro atoms. The Labute approximate surface area is 162 Å². The number of aliphatic hydroxyl groups excluding tert-OH is 1. The van der Waals surface area contributed by atoms with E-state index in [0.29, 0.717) is 0 Å². The lowest BCUT2D eigenvalue weighted by Gasteiger charge is -2.15. The highest BCUT2D eigenvalue weighted by atomic mass is 35.5. The third kappa shape index (κ3) is 4.24. The Kier molecular flexibility index (Phi) is 6.43. The van der Waals surface area contributed by atoms with E-state index in [-0.39, 0.29) is 22.3 Å². The minimum atomic E-state index is -3.08. The fraction of sp³-hybridized carbons (Fsp3) is 0.538. The van der Waals surface area contributed by atoms with Gasteiger partial charge in [-0.2, -0.15) is 9.97 Å². The molecule has 1 aliphatic rings. The molecule has 3 unspecified atom stereocenters. The molecule has 0 aromatic carbocycles. The molecule has 3 rings (SSSR count). The summed E-state index contributed by atoms with van der Waals surface area (Å²) in [6.45, 7) is -1.01. The predicted octanol–water partition coefficient (Wildman–Crippen LogP) is 0.254. The normalized spacial score (nSPS) is 25.9. The molecule has 0 aliphatic carbocycles. The number of anilines is 1. The van der Waals surface area contributed by atoms with Gasteiger partial charge in [-0.15, -0.1) is 0 Å². The highest BCUT2D eigenvalue weighted by Crippen LogP contribution is 2.36. The molecule has 5 atom stereocenters. The summed E-state index contributed by atoms with van der Waals surface area (Å²) >= 11 is 5.77. The van der Waals surface area contributed by atoms with Gasteiger partial charge in [0.05, 0.1) is 20.0 Å². The number of aromatic nitrogens is 4. The smallest absolute Gasteiger partial charge is 0.332 e. The number of imidazole rings is 1. The molecule has 3 N–H and O–H groups in total. The maximum Gasteiger partial charge on any atom is 0.332 e. The number of nitrogens with zero attached hydrogens (tertiary/aromatic N) is 4. The van der Waals surface area contributed by atoms with Crippen LogP contribution in [0.4, 0.5) is 10.2 Å². The zero-order valence-electron chi connectivity index (χ0n) is 14.3. The monoisotopic (exact) mass is 439 g/mol. The fourth-order valence-corrected chi connectivity index (χ4v) is 3.32. The number of aliphatic hydroxyl groups is 1. The number of fused-ring (bicyclic) bond motifs is 1. The molecule has 0 amide bonds. The molecule has 1 fully saturated rings. The average molecular weight is 440 g/mol. The zero-order chi connectivity index (χ0) is 20.4. The largest absolute Gasteiger partial charge is 0.467 e. The van der Waals surface area contributed by atoms with Gasteiger partial charge in [-0.25, -0.2) is 14.2 Å². The number of carbonyl (C=O) groups is 1. The van der Waals surface area contributed by atoms with Crippen LogP contribution in [0, 0.1) is 0 Å². The van der Waals surface area contributed by atoms with Crippen LogP contribution in [0.2, 0.25) is 5.28 Å². The van der Waals surface area contributed by atoms with Gasteiger partial charge >= 0.3 is 14.2 Å². The average Bonchev–Trinajstić information content (AvgIpc) is 3.20. The number of halogens is 2. The second-order valence-electron chi connectivity index (χ2n) is 5.63. The van der Waals surface area contributed by atoms with Crippen molar-refractivity contribution in [2.24, 2.45) is 0 Å². The van der Waals surface area contributed by atoms with Gasteiger partial charge in [-0.3, -0.25) is 13.7 Å². The van der Waals surface area contributed by atoms with Crippen molar-refractivity contribution in [2.75, 3.05) is 26.1 Å². The molecule has 15 heteroatoms. The highest BCUT2D eigenvalue weighted by Gasteiger charge is 2.46. The number of alkyl halides is 1. The lowest BCUT2D eigenvalue weighted by Crippen LogP contribution is -2.31. The first-order valence-corrected chi connectivity index (χ1v) is 9.41. The molecule has 12 nitrogen and oxygen atoms in total. The van der Waals surface area contributed by atoms with Crippen molar-refractivity contribution in [2.45, 2.75) is 24.6 Å². The van der Waals surface area contributed by atoms with Crippen LogP contribution in [0.25, 0.3) is 11.2 Å². The molecule has 0 radical (unpaired) electrons. The number of nitrogen functional groups attached to an aromatic ring is 1. The molecule has 2 aromatic heterocycles. The van der Waals surface area contributed by atoms with Crippen LogP contribution in [0.15, 0.2) is 6.33 Å². The number of carbonyl (C=O) groups excluding carboxylic acids is 1.